The van der Waals surface area contributed by atoms with Crippen molar-refractivity contribution in [3.8, 4) is 0 Å². The van der Waals surface area contributed by atoms with Crippen LogP contribution in [0.2, 0.25) is 0 Å². The monoisotopic (exact) mass is 322 g/mol. The number of nitrogens with zero attached hydrogens (tertiary/aromatic N) is 1. The van der Waals surface area contributed by atoms with Crippen LogP contribution < -0.4 is 16.8 Å². The first-order chi connectivity index (χ1) is 10.9. The van der Waals surface area contributed by atoms with Crippen LogP contribution in [0.4, 0.5) is 0 Å². The van der Waals surface area contributed by atoms with Gasteiger partial charge in [-0.15, -0.1) is 0 Å². The molecule has 1 aliphatic rings. The quantitative estimate of drug-likeness (QED) is 0.569. The fraction of sp³-hybridized carbons (Fsp3) is 0.429. The van der Waals surface area contributed by atoms with E-state index < -0.39 is 29.7 Å². The molecule has 4 amide bonds. The van der Waals surface area contributed by atoms with E-state index in [1.807, 2.05) is 0 Å². The van der Waals surface area contributed by atoms with E-state index in [4.69, 9.17) is 15.9 Å². The molecule has 2 heterocycles. The van der Waals surface area contributed by atoms with Crippen molar-refractivity contribution in [2.45, 2.75) is 18.9 Å². The van der Waals surface area contributed by atoms with Crippen molar-refractivity contribution in [1.29, 1.82) is 0 Å². The van der Waals surface area contributed by atoms with Gasteiger partial charge in [-0.3, -0.25) is 19.2 Å². The van der Waals surface area contributed by atoms with E-state index in [9.17, 15) is 19.2 Å². The lowest BCUT2D eigenvalue weighted by Gasteiger charge is -2.31. The van der Waals surface area contributed by atoms with Gasteiger partial charge in [0, 0.05) is 13.1 Å². The number of carbonyl (C=O) groups is 4. The average Bonchev–Trinajstić information content (AvgIpc) is 3.05. The van der Waals surface area contributed by atoms with Gasteiger partial charge in [-0.2, -0.15) is 0 Å². The molecule has 5 N–H and O–H groups in total. The Hall–Kier alpha value is -2.84. The Morgan fingerprint density at radius 1 is 1.26 bits per heavy atom. The molecule has 1 aromatic heterocycles. The molecule has 0 aliphatic carbocycles. The minimum atomic E-state index is -1.56. The molecule has 0 unspecified atom stereocenters. The van der Waals surface area contributed by atoms with Gasteiger partial charge in [0.05, 0.1) is 12.2 Å². The van der Waals surface area contributed by atoms with E-state index in [0.29, 0.717) is 19.4 Å². The zero-order valence-electron chi connectivity index (χ0n) is 12.4. The summed E-state index contributed by atoms with van der Waals surface area (Å²) in [7, 11) is 0. The average molecular weight is 322 g/mol. The largest absolute Gasteiger partial charge is 0.459 e. The third-order valence-electron chi connectivity index (χ3n) is 3.67. The second-order valence-corrected chi connectivity index (χ2v) is 5.31. The van der Waals surface area contributed by atoms with Crippen LogP contribution in [0.25, 0.3) is 0 Å². The highest BCUT2D eigenvalue weighted by Crippen LogP contribution is 2.19. The van der Waals surface area contributed by atoms with E-state index >= 15 is 0 Å². The molecule has 0 aromatic carbocycles. The highest BCUT2D eigenvalue weighted by atomic mass is 16.3. The van der Waals surface area contributed by atoms with Crippen molar-refractivity contribution in [3.63, 3.8) is 0 Å². The molecule has 0 radical (unpaired) electrons. The van der Waals surface area contributed by atoms with Crippen LogP contribution in [-0.4, -0.2) is 47.7 Å². The summed E-state index contributed by atoms with van der Waals surface area (Å²) in [6.07, 6.45) is 2.53. The number of nitrogens with two attached hydrogens (primary N) is 2. The van der Waals surface area contributed by atoms with Crippen LogP contribution in [-0.2, 0) is 14.4 Å². The number of hydrogen-bond acceptors (Lipinski definition) is 5. The minimum Gasteiger partial charge on any atom is -0.459 e. The normalized spacial score (nSPS) is 17.8. The number of likely N-dealkylation sites (tertiary alicyclic amines) is 1. The summed E-state index contributed by atoms with van der Waals surface area (Å²) >= 11 is 0. The second-order valence-electron chi connectivity index (χ2n) is 5.31. The molecule has 1 atom stereocenters. The summed E-state index contributed by atoms with van der Waals surface area (Å²) in [4.78, 5) is 48.1. The van der Waals surface area contributed by atoms with Crippen molar-refractivity contribution < 1.29 is 23.6 Å². The van der Waals surface area contributed by atoms with Crippen molar-refractivity contribution in [2.24, 2.45) is 17.4 Å². The fourth-order valence-electron chi connectivity index (χ4n) is 2.47. The van der Waals surface area contributed by atoms with Crippen molar-refractivity contribution in [2.75, 3.05) is 13.1 Å². The van der Waals surface area contributed by atoms with Crippen LogP contribution in [0, 0.1) is 5.92 Å². The highest BCUT2D eigenvalue weighted by Gasteiger charge is 2.32. The molecule has 9 heteroatoms. The van der Waals surface area contributed by atoms with Gasteiger partial charge >= 0.3 is 0 Å². The number of carbonyl (C=O) groups excluding carboxylic acids is 4. The number of piperidine rings is 1. The molecule has 124 valence electrons. The van der Waals surface area contributed by atoms with Gasteiger partial charge in [0.2, 0.25) is 17.7 Å². The summed E-state index contributed by atoms with van der Waals surface area (Å²) in [6, 6.07) is 1.59. The molecule has 0 spiro atoms. The topological polar surface area (TPSA) is 149 Å². The molecule has 1 aliphatic heterocycles. The van der Waals surface area contributed by atoms with Crippen LogP contribution >= 0.6 is 0 Å². The van der Waals surface area contributed by atoms with E-state index in [1.165, 1.54) is 11.2 Å². The lowest BCUT2D eigenvalue weighted by molar-refractivity contribution is -0.136. The maximum atomic E-state index is 12.2. The molecule has 0 bridgehead atoms. The summed E-state index contributed by atoms with van der Waals surface area (Å²) in [5.74, 6) is -3.25. The van der Waals surface area contributed by atoms with E-state index in [0.717, 1.165) is 0 Å². The standard InChI is InChI=1S/C14H18N4O5/c15-11(19)10(12(16)20)17-13(21)8-3-1-5-18(7-8)14(22)9-4-2-6-23-9/h2,4,6,8,10H,1,3,5,7H2,(H2,15,19)(H2,16,20)(H,17,21)/t8-/m0/s1. The molecule has 0 saturated carbocycles. The predicted octanol–water partition coefficient (Wildman–Crippen LogP) is -1.41. The molecule has 23 heavy (non-hydrogen) atoms. The number of furan rings is 1. The van der Waals surface area contributed by atoms with Crippen LogP contribution in [0.1, 0.15) is 23.4 Å². The lowest BCUT2D eigenvalue weighted by atomic mass is 9.96. The van der Waals surface area contributed by atoms with Gasteiger partial charge in [-0.25, -0.2) is 0 Å². The Morgan fingerprint density at radius 3 is 2.52 bits per heavy atom. The Kier molecular flexibility index (Phi) is 4.99. The SMILES string of the molecule is NC(=O)C(NC(=O)[C@H]1CCCN(C(=O)c2ccco2)C1)C(N)=O. The summed E-state index contributed by atoms with van der Waals surface area (Å²) in [5.41, 5.74) is 10.0. The Balaban J connectivity index is 2.00. The van der Waals surface area contributed by atoms with Crippen molar-refractivity contribution in [1.82, 2.24) is 10.2 Å². The maximum Gasteiger partial charge on any atom is 0.289 e. The van der Waals surface area contributed by atoms with Gasteiger partial charge in [0.15, 0.2) is 11.8 Å². The number of amides is 4. The fourth-order valence-corrected chi connectivity index (χ4v) is 2.47. The summed E-state index contributed by atoms with van der Waals surface area (Å²) in [5, 5.41) is 2.23. The third-order valence-corrected chi connectivity index (χ3v) is 3.67. The molecule has 9 nitrogen and oxygen atoms in total. The van der Waals surface area contributed by atoms with Crippen LogP contribution in [0.15, 0.2) is 22.8 Å². The summed E-state index contributed by atoms with van der Waals surface area (Å²) < 4.78 is 5.06. The minimum absolute atomic E-state index is 0.162. The Morgan fingerprint density at radius 2 is 1.96 bits per heavy atom. The molecular formula is C14H18N4O5. The number of rotatable bonds is 5. The molecular weight excluding hydrogens is 304 g/mol. The van der Waals surface area contributed by atoms with Gasteiger partial charge in [0.1, 0.15) is 0 Å². The predicted molar refractivity (Wildman–Crippen MR) is 77.7 cm³/mol. The van der Waals surface area contributed by atoms with Gasteiger partial charge in [-0.1, -0.05) is 0 Å². The van der Waals surface area contributed by atoms with Crippen LogP contribution in [0.3, 0.4) is 0 Å². The van der Waals surface area contributed by atoms with Crippen molar-refractivity contribution >= 4 is 23.6 Å². The molecule has 1 saturated heterocycles. The lowest BCUT2D eigenvalue weighted by Crippen LogP contribution is -2.55. The second kappa shape index (κ2) is 6.95. The highest BCUT2D eigenvalue weighted by molar-refractivity contribution is 6.05. The van der Waals surface area contributed by atoms with Crippen molar-refractivity contribution in [3.05, 3.63) is 24.2 Å². The van der Waals surface area contributed by atoms with Gasteiger partial charge in [0.25, 0.3) is 5.91 Å². The first-order valence-electron chi connectivity index (χ1n) is 7.12. The van der Waals surface area contributed by atoms with E-state index in [1.54, 1.807) is 12.1 Å². The molecule has 1 aromatic rings. The van der Waals surface area contributed by atoms with E-state index in [-0.39, 0.29) is 18.2 Å². The van der Waals surface area contributed by atoms with Gasteiger partial charge < -0.3 is 26.1 Å². The molecule has 2 rings (SSSR count). The Bertz CT molecular complexity index is 599. The van der Waals surface area contributed by atoms with E-state index in [2.05, 4.69) is 5.32 Å². The smallest absolute Gasteiger partial charge is 0.289 e. The van der Waals surface area contributed by atoms with Crippen LogP contribution in [0.5, 0.6) is 0 Å². The number of nitrogens with one attached hydrogen (secondary N) is 1. The Labute approximate surface area is 132 Å². The third kappa shape index (κ3) is 3.87. The molecule has 1 fully saturated rings. The zero-order chi connectivity index (χ0) is 17.0. The number of hydrogen-bond donors (Lipinski definition) is 3. The first kappa shape index (κ1) is 16.5. The van der Waals surface area contributed by atoms with Gasteiger partial charge in [-0.05, 0) is 25.0 Å². The first-order valence-corrected chi connectivity index (χ1v) is 7.12. The number of primary amides is 2. The maximum absolute atomic E-state index is 12.2. The zero-order valence-corrected chi connectivity index (χ0v) is 12.4. The summed E-state index contributed by atoms with van der Waals surface area (Å²) in [6.45, 7) is 0.661.